The second-order valence-corrected chi connectivity index (χ2v) is 6.87. The van der Waals surface area contributed by atoms with Gasteiger partial charge in [-0.3, -0.25) is 4.90 Å². The van der Waals surface area contributed by atoms with Gasteiger partial charge in [0.05, 0.1) is 0 Å². The van der Waals surface area contributed by atoms with Gasteiger partial charge in [-0.05, 0) is 39.7 Å². The SMILES string of the molecule is CC(C)C[C@H](c1sccc1Br)N1CCNCC1.Cl.Cl. The van der Waals surface area contributed by atoms with E-state index < -0.39 is 0 Å². The maximum Gasteiger partial charge on any atom is 0.0456 e. The molecule has 0 aliphatic carbocycles. The van der Waals surface area contributed by atoms with Crippen molar-refractivity contribution in [3.63, 3.8) is 0 Å². The number of halogens is 3. The van der Waals surface area contributed by atoms with E-state index in [1.54, 1.807) is 0 Å². The number of hydrogen-bond donors (Lipinski definition) is 1. The molecule has 2 nitrogen and oxygen atoms in total. The van der Waals surface area contributed by atoms with Gasteiger partial charge in [-0.25, -0.2) is 0 Å². The van der Waals surface area contributed by atoms with Crippen molar-refractivity contribution in [2.24, 2.45) is 5.92 Å². The van der Waals surface area contributed by atoms with Crippen LogP contribution in [0.25, 0.3) is 0 Å². The molecule has 1 aromatic heterocycles. The highest BCUT2D eigenvalue weighted by atomic mass is 79.9. The van der Waals surface area contributed by atoms with Crippen LogP contribution in [0, 0.1) is 5.92 Å². The quantitative estimate of drug-likeness (QED) is 0.823. The third-order valence-corrected chi connectivity index (χ3v) is 5.21. The van der Waals surface area contributed by atoms with Crippen LogP contribution in [-0.4, -0.2) is 31.1 Å². The Morgan fingerprint density at radius 2 is 1.95 bits per heavy atom. The number of nitrogens with zero attached hydrogens (tertiary/aromatic N) is 1. The lowest BCUT2D eigenvalue weighted by atomic mass is 10.0. The Morgan fingerprint density at radius 3 is 2.42 bits per heavy atom. The normalized spacial score (nSPS) is 17.7. The molecular formula is C13H23BrCl2N2S. The zero-order valence-corrected chi connectivity index (χ0v) is 15.4. The van der Waals surface area contributed by atoms with E-state index in [1.807, 2.05) is 11.3 Å². The highest BCUT2D eigenvalue weighted by Crippen LogP contribution is 2.36. The molecule has 0 bridgehead atoms. The molecule has 0 saturated carbocycles. The Kier molecular flexibility index (Phi) is 9.93. The molecule has 2 rings (SSSR count). The molecule has 1 aliphatic rings. The van der Waals surface area contributed by atoms with Crippen molar-refractivity contribution in [3.05, 3.63) is 20.8 Å². The summed E-state index contributed by atoms with van der Waals surface area (Å²) in [7, 11) is 0. The fourth-order valence-corrected chi connectivity index (χ4v) is 4.19. The van der Waals surface area contributed by atoms with Crippen molar-refractivity contribution in [1.82, 2.24) is 10.2 Å². The smallest absolute Gasteiger partial charge is 0.0456 e. The predicted molar refractivity (Wildman–Crippen MR) is 93.2 cm³/mol. The number of rotatable bonds is 4. The van der Waals surface area contributed by atoms with Crippen LogP contribution in [0.3, 0.4) is 0 Å². The molecule has 1 saturated heterocycles. The van der Waals surface area contributed by atoms with E-state index in [1.165, 1.54) is 28.9 Å². The van der Waals surface area contributed by atoms with Gasteiger partial charge in [-0.15, -0.1) is 36.2 Å². The molecule has 0 amide bonds. The highest BCUT2D eigenvalue weighted by molar-refractivity contribution is 9.10. The summed E-state index contributed by atoms with van der Waals surface area (Å²) in [6.07, 6.45) is 1.25. The van der Waals surface area contributed by atoms with Gasteiger partial charge in [0, 0.05) is 41.6 Å². The van der Waals surface area contributed by atoms with Gasteiger partial charge in [0.25, 0.3) is 0 Å². The first-order valence-corrected chi connectivity index (χ1v) is 8.03. The number of thiophene rings is 1. The molecule has 6 heteroatoms. The van der Waals surface area contributed by atoms with E-state index in [-0.39, 0.29) is 24.8 Å². The summed E-state index contributed by atoms with van der Waals surface area (Å²) in [6, 6.07) is 2.77. The molecule has 1 atom stereocenters. The third kappa shape index (κ3) is 5.52. The molecule has 0 radical (unpaired) electrons. The van der Waals surface area contributed by atoms with Crippen LogP contribution in [0.4, 0.5) is 0 Å². The van der Waals surface area contributed by atoms with Gasteiger partial charge in [0.1, 0.15) is 0 Å². The molecular weight excluding hydrogens is 367 g/mol. The van der Waals surface area contributed by atoms with Crippen molar-refractivity contribution >= 4 is 52.1 Å². The number of hydrogen-bond acceptors (Lipinski definition) is 3. The minimum Gasteiger partial charge on any atom is -0.314 e. The summed E-state index contributed by atoms with van der Waals surface area (Å²) < 4.78 is 1.28. The topological polar surface area (TPSA) is 15.3 Å². The van der Waals surface area contributed by atoms with E-state index in [0.29, 0.717) is 6.04 Å². The molecule has 0 spiro atoms. The Bertz CT molecular complexity index is 354. The van der Waals surface area contributed by atoms with Crippen LogP contribution in [0.1, 0.15) is 31.2 Å². The maximum atomic E-state index is 3.69. The van der Waals surface area contributed by atoms with Crippen LogP contribution >= 0.6 is 52.1 Å². The molecule has 0 unspecified atom stereocenters. The lowest BCUT2D eigenvalue weighted by Gasteiger charge is -2.35. The monoisotopic (exact) mass is 388 g/mol. The molecule has 1 fully saturated rings. The second-order valence-electron chi connectivity index (χ2n) is 5.06. The molecule has 19 heavy (non-hydrogen) atoms. The summed E-state index contributed by atoms with van der Waals surface area (Å²) in [6.45, 7) is 9.21. The molecule has 0 aromatic carbocycles. The Hall–Kier alpha value is 0.680. The van der Waals surface area contributed by atoms with E-state index in [9.17, 15) is 0 Å². The van der Waals surface area contributed by atoms with Crippen molar-refractivity contribution < 1.29 is 0 Å². The molecule has 1 aromatic rings. The fourth-order valence-electron chi connectivity index (χ4n) is 2.41. The Balaban J connectivity index is 0.00000162. The molecule has 2 heterocycles. The fraction of sp³-hybridized carbons (Fsp3) is 0.692. The van der Waals surface area contributed by atoms with Crippen LogP contribution in [0.2, 0.25) is 0 Å². The summed E-state index contributed by atoms with van der Waals surface area (Å²) in [5, 5.41) is 5.62. The van der Waals surface area contributed by atoms with Gasteiger partial charge in [-0.2, -0.15) is 0 Å². The van der Waals surface area contributed by atoms with Crippen LogP contribution < -0.4 is 5.32 Å². The lowest BCUT2D eigenvalue weighted by molar-refractivity contribution is 0.156. The van der Waals surface area contributed by atoms with E-state index in [2.05, 4.69) is 51.4 Å². The molecule has 1 N–H and O–H groups in total. The summed E-state index contributed by atoms with van der Waals surface area (Å²) >= 11 is 5.58. The first-order chi connectivity index (χ1) is 8.18. The minimum atomic E-state index is 0. The summed E-state index contributed by atoms with van der Waals surface area (Å²) in [4.78, 5) is 4.13. The predicted octanol–water partition coefficient (Wildman–Crippen LogP) is 4.35. The largest absolute Gasteiger partial charge is 0.314 e. The minimum absolute atomic E-state index is 0. The van der Waals surface area contributed by atoms with Crippen molar-refractivity contribution in [2.45, 2.75) is 26.3 Å². The van der Waals surface area contributed by atoms with Crippen LogP contribution in [-0.2, 0) is 0 Å². The van der Waals surface area contributed by atoms with Gasteiger partial charge in [-0.1, -0.05) is 13.8 Å². The van der Waals surface area contributed by atoms with E-state index in [4.69, 9.17) is 0 Å². The maximum absolute atomic E-state index is 3.69. The van der Waals surface area contributed by atoms with Crippen LogP contribution in [0.15, 0.2) is 15.9 Å². The number of piperazine rings is 1. The van der Waals surface area contributed by atoms with Crippen molar-refractivity contribution in [3.8, 4) is 0 Å². The zero-order valence-electron chi connectivity index (χ0n) is 11.4. The Morgan fingerprint density at radius 1 is 1.32 bits per heavy atom. The standard InChI is InChI=1S/C13H21BrN2S.2ClH/c1-10(2)9-12(13-11(14)3-8-17-13)16-6-4-15-5-7-16;;/h3,8,10,12,15H,4-7,9H2,1-2H3;2*1H/t12-;;/m1../s1. The van der Waals surface area contributed by atoms with E-state index in [0.717, 1.165) is 19.0 Å². The summed E-state index contributed by atoms with van der Waals surface area (Å²) in [5.41, 5.74) is 0. The average Bonchev–Trinajstić information content (AvgIpc) is 2.73. The van der Waals surface area contributed by atoms with Gasteiger partial charge in [0.2, 0.25) is 0 Å². The van der Waals surface area contributed by atoms with E-state index >= 15 is 0 Å². The third-order valence-electron chi connectivity index (χ3n) is 3.23. The highest BCUT2D eigenvalue weighted by Gasteiger charge is 2.25. The second kappa shape index (κ2) is 9.59. The van der Waals surface area contributed by atoms with Crippen molar-refractivity contribution in [1.29, 1.82) is 0 Å². The lowest BCUT2D eigenvalue weighted by Crippen LogP contribution is -2.45. The number of nitrogens with one attached hydrogen (secondary N) is 1. The Labute approximate surface area is 141 Å². The average molecular weight is 390 g/mol. The van der Waals surface area contributed by atoms with Gasteiger partial charge >= 0.3 is 0 Å². The first-order valence-electron chi connectivity index (χ1n) is 6.36. The zero-order chi connectivity index (χ0) is 12.3. The van der Waals surface area contributed by atoms with Gasteiger partial charge < -0.3 is 5.32 Å². The molecule has 112 valence electrons. The van der Waals surface area contributed by atoms with Crippen molar-refractivity contribution in [2.75, 3.05) is 26.2 Å². The first kappa shape index (κ1) is 19.7. The van der Waals surface area contributed by atoms with Crippen LogP contribution in [0.5, 0.6) is 0 Å². The van der Waals surface area contributed by atoms with Gasteiger partial charge in [0.15, 0.2) is 0 Å². The summed E-state index contributed by atoms with van der Waals surface area (Å²) in [5.74, 6) is 0.740. The molecule has 1 aliphatic heterocycles.